The molecule has 0 aliphatic heterocycles. The van der Waals surface area contributed by atoms with Crippen LogP contribution in [0.3, 0.4) is 0 Å². The lowest BCUT2D eigenvalue weighted by molar-refractivity contribution is 0.0859. The Labute approximate surface area is 99.6 Å². The maximum atomic E-state index is 12.2. The summed E-state index contributed by atoms with van der Waals surface area (Å²) in [5.74, 6) is -0.00625. The van der Waals surface area contributed by atoms with E-state index in [1.54, 1.807) is 17.9 Å². The van der Waals surface area contributed by atoms with Crippen molar-refractivity contribution in [3.63, 3.8) is 0 Å². The molecule has 2 heterocycles. The van der Waals surface area contributed by atoms with Gasteiger partial charge in [0.2, 0.25) is 0 Å². The molecule has 5 heteroatoms. The van der Waals surface area contributed by atoms with Crippen molar-refractivity contribution in [2.75, 3.05) is 5.73 Å². The number of anilines is 1. The molecule has 0 atom stereocenters. The third-order valence-corrected chi connectivity index (χ3v) is 2.73. The molecule has 5 nitrogen and oxygen atoms in total. The van der Waals surface area contributed by atoms with Crippen LogP contribution in [0.15, 0.2) is 12.4 Å². The quantitative estimate of drug-likeness (QED) is 0.760. The molecule has 17 heavy (non-hydrogen) atoms. The second-order valence-corrected chi connectivity index (χ2v) is 5.17. The van der Waals surface area contributed by atoms with Gasteiger partial charge in [-0.3, -0.25) is 9.48 Å². The van der Waals surface area contributed by atoms with E-state index in [0.29, 0.717) is 16.9 Å². The van der Waals surface area contributed by atoms with Gasteiger partial charge in [0.1, 0.15) is 0 Å². The molecule has 0 amide bonds. The summed E-state index contributed by atoms with van der Waals surface area (Å²) in [4.78, 5) is 16.4. The fourth-order valence-corrected chi connectivity index (χ4v) is 1.70. The molecule has 0 bridgehead atoms. The predicted octanol–water partition coefficient (Wildman–Crippen LogP) is 1.78. The first-order valence-corrected chi connectivity index (χ1v) is 5.43. The van der Waals surface area contributed by atoms with E-state index in [0.717, 1.165) is 5.39 Å². The van der Waals surface area contributed by atoms with Crippen molar-refractivity contribution >= 4 is 22.5 Å². The van der Waals surface area contributed by atoms with Crippen LogP contribution in [0.1, 0.15) is 31.1 Å². The van der Waals surface area contributed by atoms with Crippen LogP contribution in [0.25, 0.3) is 11.0 Å². The number of fused-ring (bicyclic) bond motifs is 1. The molecular formula is C12H16N4O. The van der Waals surface area contributed by atoms with Crippen LogP contribution in [0.5, 0.6) is 0 Å². The minimum absolute atomic E-state index is 0.00625. The smallest absolute Gasteiger partial charge is 0.171 e. The van der Waals surface area contributed by atoms with Crippen LogP contribution in [-0.2, 0) is 7.05 Å². The Morgan fingerprint density at radius 1 is 1.35 bits per heavy atom. The van der Waals surface area contributed by atoms with Gasteiger partial charge in [-0.1, -0.05) is 20.8 Å². The van der Waals surface area contributed by atoms with E-state index < -0.39 is 5.41 Å². The second kappa shape index (κ2) is 3.55. The van der Waals surface area contributed by atoms with E-state index in [9.17, 15) is 4.79 Å². The van der Waals surface area contributed by atoms with E-state index in [1.807, 2.05) is 20.8 Å². The lowest BCUT2D eigenvalue weighted by Crippen LogP contribution is -2.21. The van der Waals surface area contributed by atoms with Crippen molar-refractivity contribution in [2.24, 2.45) is 12.5 Å². The van der Waals surface area contributed by atoms with Crippen LogP contribution in [0.2, 0.25) is 0 Å². The third kappa shape index (κ3) is 1.77. The average Bonchev–Trinajstić information content (AvgIpc) is 2.60. The molecule has 0 aliphatic carbocycles. The van der Waals surface area contributed by atoms with Crippen LogP contribution in [-0.4, -0.2) is 20.5 Å². The van der Waals surface area contributed by atoms with Crippen molar-refractivity contribution < 1.29 is 4.79 Å². The molecular weight excluding hydrogens is 216 g/mol. The molecule has 2 rings (SSSR count). The first kappa shape index (κ1) is 11.6. The maximum Gasteiger partial charge on any atom is 0.171 e. The Morgan fingerprint density at radius 3 is 2.59 bits per heavy atom. The summed E-state index contributed by atoms with van der Waals surface area (Å²) in [6.45, 7) is 5.59. The molecule has 0 spiro atoms. The van der Waals surface area contributed by atoms with E-state index in [-0.39, 0.29) is 5.78 Å². The summed E-state index contributed by atoms with van der Waals surface area (Å²) < 4.78 is 1.64. The topological polar surface area (TPSA) is 73.8 Å². The molecule has 2 aromatic heterocycles. The molecule has 0 radical (unpaired) electrons. The molecule has 2 aromatic rings. The van der Waals surface area contributed by atoms with Crippen molar-refractivity contribution in [3.8, 4) is 0 Å². The summed E-state index contributed by atoms with van der Waals surface area (Å²) in [7, 11) is 1.79. The van der Waals surface area contributed by atoms with Gasteiger partial charge in [-0.15, -0.1) is 0 Å². The first-order chi connectivity index (χ1) is 7.82. The number of carbonyl (C=O) groups is 1. The predicted molar refractivity (Wildman–Crippen MR) is 66.7 cm³/mol. The molecule has 0 fully saturated rings. The molecule has 0 aromatic carbocycles. The molecule has 2 N–H and O–H groups in total. The van der Waals surface area contributed by atoms with Gasteiger partial charge in [0, 0.05) is 18.7 Å². The number of nitrogens with zero attached hydrogens (tertiary/aromatic N) is 3. The number of nitrogen functional groups attached to an aromatic ring is 1. The maximum absolute atomic E-state index is 12.2. The Balaban J connectivity index is 2.65. The fraction of sp³-hybridized carbons (Fsp3) is 0.417. The number of hydrogen-bond acceptors (Lipinski definition) is 4. The van der Waals surface area contributed by atoms with Crippen LogP contribution in [0.4, 0.5) is 5.69 Å². The lowest BCUT2D eigenvalue weighted by atomic mass is 9.86. The van der Waals surface area contributed by atoms with Gasteiger partial charge < -0.3 is 5.73 Å². The number of Topliss-reactive ketones (excluding diaryl/α,β-unsaturated/α-hetero) is 1. The molecule has 0 saturated heterocycles. The minimum atomic E-state index is -0.467. The van der Waals surface area contributed by atoms with Crippen LogP contribution >= 0.6 is 0 Å². The zero-order valence-corrected chi connectivity index (χ0v) is 10.5. The highest BCUT2D eigenvalue weighted by atomic mass is 16.1. The van der Waals surface area contributed by atoms with E-state index in [2.05, 4.69) is 10.1 Å². The number of nitrogens with two attached hydrogens (primary N) is 1. The monoisotopic (exact) mass is 232 g/mol. The largest absolute Gasteiger partial charge is 0.397 e. The van der Waals surface area contributed by atoms with Crippen molar-refractivity contribution in [2.45, 2.75) is 20.8 Å². The summed E-state index contributed by atoms with van der Waals surface area (Å²) in [5.41, 5.74) is 7.17. The van der Waals surface area contributed by atoms with E-state index >= 15 is 0 Å². The number of ketones is 1. The van der Waals surface area contributed by atoms with E-state index in [4.69, 9.17) is 5.73 Å². The van der Waals surface area contributed by atoms with E-state index in [1.165, 1.54) is 6.20 Å². The van der Waals surface area contributed by atoms with Gasteiger partial charge in [0.25, 0.3) is 0 Å². The summed E-state index contributed by atoms with van der Waals surface area (Å²) in [5, 5.41) is 4.81. The number of rotatable bonds is 1. The summed E-state index contributed by atoms with van der Waals surface area (Å²) >= 11 is 0. The Hall–Kier alpha value is -1.91. The van der Waals surface area contributed by atoms with Gasteiger partial charge >= 0.3 is 0 Å². The number of hydrogen-bond donors (Lipinski definition) is 1. The van der Waals surface area contributed by atoms with Gasteiger partial charge in [-0.05, 0) is 0 Å². The van der Waals surface area contributed by atoms with Crippen molar-refractivity contribution in [1.82, 2.24) is 14.8 Å². The molecule has 0 aliphatic rings. The van der Waals surface area contributed by atoms with Crippen molar-refractivity contribution in [3.05, 3.63) is 18.0 Å². The van der Waals surface area contributed by atoms with Gasteiger partial charge in [-0.2, -0.15) is 5.10 Å². The molecule has 0 saturated carbocycles. The lowest BCUT2D eigenvalue weighted by Gasteiger charge is -2.17. The number of aryl methyl sites for hydroxylation is 1. The second-order valence-electron chi connectivity index (χ2n) is 5.17. The van der Waals surface area contributed by atoms with Gasteiger partial charge in [-0.25, -0.2) is 4.98 Å². The van der Waals surface area contributed by atoms with Crippen LogP contribution in [0, 0.1) is 5.41 Å². The number of carbonyl (C=O) groups excluding carboxylic acids is 1. The zero-order valence-electron chi connectivity index (χ0n) is 10.5. The summed E-state index contributed by atoms with van der Waals surface area (Å²) in [6.07, 6.45) is 3.17. The highest BCUT2D eigenvalue weighted by Crippen LogP contribution is 2.28. The summed E-state index contributed by atoms with van der Waals surface area (Å²) in [6, 6.07) is 0. The average molecular weight is 232 g/mol. The van der Waals surface area contributed by atoms with Crippen molar-refractivity contribution in [1.29, 1.82) is 0 Å². The van der Waals surface area contributed by atoms with Crippen LogP contribution < -0.4 is 5.73 Å². The SMILES string of the molecule is Cn1ncc2c(N)c(C(=O)C(C)(C)C)cnc21. The number of pyridine rings is 1. The normalized spacial score (nSPS) is 12.0. The molecule has 0 unspecified atom stereocenters. The highest BCUT2D eigenvalue weighted by molar-refractivity contribution is 6.08. The zero-order chi connectivity index (χ0) is 12.8. The highest BCUT2D eigenvalue weighted by Gasteiger charge is 2.26. The number of aromatic nitrogens is 3. The Bertz CT molecular complexity index is 592. The third-order valence-electron chi connectivity index (χ3n) is 2.73. The van der Waals surface area contributed by atoms with Gasteiger partial charge in [0.15, 0.2) is 11.4 Å². The first-order valence-electron chi connectivity index (χ1n) is 5.43. The Morgan fingerprint density at radius 2 is 2.00 bits per heavy atom. The fourth-order valence-electron chi connectivity index (χ4n) is 1.70. The minimum Gasteiger partial charge on any atom is -0.397 e. The molecule has 90 valence electrons. The Kier molecular flexibility index (Phi) is 2.41. The standard InChI is InChI=1S/C12H16N4O/c1-12(2,3)10(17)7-5-14-11-8(9(7)13)6-15-16(11)4/h5-6H,1-4H3,(H2,13,14). The van der Waals surface area contributed by atoms with Gasteiger partial charge in [0.05, 0.1) is 22.8 Å².